The summed E-state index contributed by atoms with van der Waals surface area (Å²) >= 11 is 0. The molecular formula is C13H17NO2. The molecule has 0 aliphatic carbocycles. The Balaban J connectivity index is 2.47. The highest BCUT2D eigenvalue weighted by molar-refractivity contribution is 5.80. The average Bonchev–Trinajstić information content (AvgIpc) is 2.31. The third-order valence-corrected chi connectivity index (χ3v) is 2.57. The molecule has 3 heteroatoms. The Morgan fingerprint density at radius 2 is 2.06 bits per heavy atom. The number of carbonyl (C=O) groups excluding carboxylic acids is 2. The summed E-state index contributed by atoms with van der Waals surface area (Å²) in [6, 6.07) is 5.63. The quantitative estimate of drug-likeness (QED) is 0.566. The first-order valence-electron chi connectivity index (χ1n) is 5.52. The highest BCUT2D eigenvalue weighted by Crippen LogP contribution is 2.17. The van der Waals surface area contributed by atoms with E-state index in [1.165, 1.54) is 0 Å². The summed E-state index contributed by atoms with van der Waals surface area (Å²) in [5, 5.41) is 3.27. The van der Waals surface area contributed by atoms with Crippen molar-refractivity contribution in [2.75, 3.05) is 11.9 Å². The minimum Gasteiger partial charge on any atom is -0.385 e. The minimum atomic E-state index is 0.620. The molecule has 1 aromatic carbocycles. The van der Waals surface area contributed by atoms with Crippen LogP contribution in [0.4, 0.5) is 5.69 Å². The Kier molecular flexibility index (Phi) is 5.26. The molecule has 0 bridgehead atoms. The van der Waals surface area contributed by atoms with E-state index >= 15 is 0 Å². The second kappa shape index (κ2) is 6.77. The molecule has 0 aliphatic rings. The van der Waals surface area contributed by atoms with Crippen LogP contribution in [0.5, 0.6) is 0 Å². The zero-order chi connectivity index (χ0) is 11.8. The van der Waals surface area contributed by atoms with Gasteiger partial charge in [-0.3, -0.25) is 4.79 Å². The van der Waals surface area contributed by atoms with Gasteiger partial charge in [0.1, 0.15) is 12.6 Å². The van der Waals surface area contributed by atoms with Crippen molar-refractivity contribution in [3.63, 3.8) is 0 Å². The van der Waals surface area contributed by atoms with Crippen molar-refractivity contribution in [3.8, 4) is 0 Å². The standard InChI is InChI=1S/C13H17NO2/c1-11-12(10-16)6-5-7-13(11)14-8-3-2-4-9-15/h5-7,9-10,14H,2-4,8H2,1H3. The van der Waals surface area contributed by atoms with E-state index in [-0.39, 0.29) is 0 Å². The molecule has 0 atom stereocenters. The summed E-state index contributed by atoms with van der Waals surface area (Å²) in [6.07, 6.45) is 4.30. The van der Waals surface area contributed by atoms with Gasteiger partial charge < -0.3 is 10.1 Å². The van der Waals surface area contributed by atoms with Gasteiger partial charge in [0.05, 0.1) is 0 Å². The first-order valence-corrected chi connectivity index (χ1v) is 5.52. The van der Waals surface area contributed by atoms with Gasteiger partial charge in [-0.1, -0.05) is 12.1 Å². The molecule has 3 nitrogen and oxygen atoms in total. The van der Waals surface area contributed by atoms with Crippen molar-refractivity contribution in [1.82, 2.24) is 0 Å². The van der Waals surface area contributed by atoms with Gasteiger partial charge in [0.15, 0.2) is 0 Å². The van der Waals surface area contributed by atoms with Crippen molar-refractivity contribution in [2.24, 2.45) is 0 Å². The van der Waals surface area contributed by atoms with Crippen LogP contribution in [0.25, 0.3) is 0 Å². The van der Waals surface area contributed by atoms with Crippen molar-refractivity contribution >= 4 is 18.3 Å². The molecule has 16 heavy (non-hydrogen) atoms. The number of carbonyl (C=O) groups is 2. The van der Waals surface area contributed by atoms with Gasteiger partial charge in [-0.05, 0) is 31.4 Å². The fraction of sp³-hybridized carbons (Fsp3) is 0.385. The summed E-state index contributed by atoms with van der Waals surface area (Å²) in [6.45, 7) is 2.76. The first kappa shape index (κ1) is 12.4. The molecule has 0 aliphatic heterocycles. The molecule has 1 N–H and O–H groups in total. The van der Waals surface area contributed by atoms with Crippen LogP contribution in [0, 0.1) is 6.92 Å². The lowest BCUT2D eigenvalue weighted by Gasteiger charge is -2.10. The maximum atomic E-state index is 10.7. The van der Waals surface area contributed by atoms with Crippen LogP contribution >= 0.6 is 0 Å². The number of benzene rings is 1. The van der Waals surface area contributed by atoms with Gasteiger partial charge >= 0.3 is 0 Å². The normalized spacial score (nSPS) is 9.81. The molecule has 0 spiro atoms. The van der Waals surface area contributed by atoms with Gasteiger partial charge in [0.2, 0.25) is 0 Å². The summed E-state index contributed by atoms with van der Waals surface area (Å²) < 4.78 is 0. The van der Waals surface area contributed by atoms with Gasteiger partial charge in [0.25, 0.3) is 0 Å². The third-order valence-electron chi connectivity index (χ3n) is 2.57. The summed E-state index contributed by atoms with van der Waals surface area (Å²) in [5.74, 6) is 0. The second-order valence-electron chi connectivity index (χ2n) is 3.73. The van der Waals surface area contributed by atoms with E-state index in [4.69, 9.17) is 0 Å². The van der Waals surface area contributed by atoms with Gasteiger partial charge in [-0.25, -0.2) is 0 Å². The Hall–Kier alpha value is -1.64. The van der Waals surface area contributed by atoms with Crippen molar-refractivity contribution < 1.29 is 9.59 Å². The zero-order valence-electron chi connectivity index (χ0n) is 9.53. The molecule has 0 aromatic heterocycles. The predicted molar refractivity (Wildman–Crippen MR) is 65.0 cm³/mol. The Morgan fingerprint density at radius 3 is 2.75 bits per heavy atom. The Bertz CT molecular complexity index is 361. The van der Waals surface area contributed by atoms with Crippen LogP contribution in [-0.2, 0) is 4.79 Å². The average molecular weight is 219 g/mol. The topological polar surface area (TPSA) is 46.2 Å². The van der Waals surface area contributed by atoms with Crippen LogP contribution in [0.15, 0.2) is 18.2 Å². The molecule has 0 radical (unpaired) electrons. The molecule has 0 fully saturated rings. The van der Waals surface area contributed by atoms with Crippen molar-refractivity contribution in [3.05, 3.63) is 29.3 Å². The molecule has 0 unspecified atom stereocenters. The van der Waals surface area contributed by atoms with E-state index in [0.29, 0.717) is 6.42 Å². The number of unbranched alkanes of at least 4 members (excludes halogenated alkanes) is 2. The zero-order valence-corrected chi connectivity index (χ0v) is 9.53. The smallest absolute Gasteiger partial charge is 0.150 e. The number of rotatable bonds is 7. The fourth-order valence-electron chi connectivity index (χ4n) is 1.55. The van der Waals surface area contributed by atoms with E-state index < -0.39 is 0 Å². The molecule has 86 valence electrons. The molecule has 1 aromatic rings. The summed E-state index contributed by atoms with van der Waals surface area (Å²) in [7, 11) is 0. The van der Waals surface area contributed by atoms with E-state index in [1.807, 2.05) is 19.1 Å². The SMILES string of the molecule is Cc1c(C=O)cccc1NCCCCC=O. The van der Waals surface area contributed by atoms with Gasteiger partial charge in [0, 0.05) is 24.2 Å². The van der Waals surface area contributed by atoms with E-state index in [2.05, 4.69) is 5.32 Å². The van der Waals surface area contributed by atoms with Gasteiger partial charge in [-0.15, -0.1) is 0 Å². The minimum absolute atomic E-state index is 0.620. The number of hydrogen-bond donors (Lipinski definition) is 1. The Labute approximate surface area is 95.9 Å². The second-order valence-corrected chi connectivity index (χ2v) is 3.73. The predicted octanol–water partition coefficient (Wildman–Crippen LogP) is 2.59. The van der Waals surface area contributed by atoms with Crippen LogP contribution in [0.3, 0.4) is 0 Å². The number of nitrogens with one attached hydrogen (secondary N) is 1. The van der Waals surface area contributed by atoms with Crippen LogP contribution in [0.1, 0.15) is 35.2 Å². The van der Waals surface area contributed by atoms with E-state index in [1.54, 1.807) is 6.07 Å². The van der Waals surface area contributed by atoms with E-state index in [9.17, 15) is 9.59 Å². The maximum absolute atomic E-state index is 10.7. The van der Waals surface area contributed by atoms with E-state index in [0.717, 1.165) is 48.8 Å². The highest BCUT2D eigenvalue weighted by atomic mass is 16.1. The monoisotopic (exact) mass is 219 g/mol. The van der Waals surface area contributed by atoms with Crippen LogP contribution in [0.2, 0.25) is 0 Å². The lowest BCUT2D eigenvalue weighted by molar-refractivity contribution is -0.107. The lowest BCUT2D eigenvalue weighted by Crippen LogP contribution is -2.04. The molecule has 1 rings (SSSR count). The third kappa shape index (κ3) is 3.50. The molecular weight excluding hydrogens is 202 g/mol. The van der Waals surface area contributed by atoms with Crippen LogP contribution < -0.4 is 5.32 Å². The summed E-state index contributed by atoms with van der Waals surface area (Å²) in [5.41, 5.74) is 2.70. The van der Waals surface area contributed by atoms with Crippen molar-refractivity contribution in [1.29, 1.82) is 0 Å². The summed E-state index contributed by atoms with van der Waals surface area (Å²) in [4.78, 5) is 20.8. The molecule has 0 amide bonds. The van der Waals surface area contributed by atoms with Gasteiger partial charge in [-0.2, -0.15) is 0 Å². The Morgan fingerprint density at radius 1 is 1.25 bits per heavy atom. The van der Waals surface area contributed by atoms with Crippen LogP contribution in [-0.4, -0.2) is 19.1 Å². The number of hydrogen-bond acceptors (Lipinski definition) is 3. The fourth-order valence-corrected chi connectivity index (χ4v) is 1.55. The largest absolute Gasteiger partial charge is 0.385 e. The highest BCUT2D eigenvalue weighted by Gasteiger charge is 2.01. The molecule has 0 heterocycles. The molecule has 0 saturated heterocycles. The molecule has 0 saturated carbocycles. The number of anilines is 1. The number of aldehydes is 2. The first-order chi connectivity index (χ1) is 7.79. The van der Waals surface area contributed by atoms with Crippen molar-refractivity contribution in [2.45, 2.75) is 26.2 Å². The maximum Gasteiger partial charge on any atom is 0.150 e. The lowest BCUT2D eigenvalue weighted by atomic mass is 10.1.